The van der Waals surface area contributed by atoms with Gasteiger partial charge >= 0.3 is 0 Å². The highest BCUT2D eigenvalue weighted by Crippen LogP contribution is 2.39. The van der Waals surface area contributed by atoms with Crippen molar-refractivity contribution in [3.05, 3.63) is 62.3 Å². The first-order valence-corrected chi connectivity index (χ1v) is 8.55. The fourth-order valence-corrected chi connectivity index (χ4v) is 3.88. The SMILES string of the molecule is CCOc1ccc(C(Br)c2cccc(Br)c2F)c(Br)c1. The summed E-state index contributed by atoms with van der Waals surface area (Å²) in [5, 5.41) is 0. The number of alkyl halides is 1. The summed E-state index contributed by atoms with van der Waals surface area (Å²) in [6.07, 6.45) is 0. The average molecular weight is 467 g/mol. The molecular formula is C15H12Br3FO. The summed E-state index contributed by atoms with van der Waals surface area (Å²) in [7, 11) is 0. The lowest BCUT2D eigenvalue weighted by Gasteiger charge is -2.15. The molecule has 0 heterocycles. The zero-order valence-electron chi connectivity index (χ0n) is 10.7. The van der Waals surface area contributed by atoms with Gasteiger partial charge in [-0.1, -0.05) is 50.1 Å². The van der Waals surface area contributed by atoms with E-state index in [1.165, 1.54) is 0 Å². The molecule has 106 valence electrons. The summed E-state index contributed by atoms with van der Waals surface area (Å²) < 4.78 is 20.9. The molecule has 0 fully saturated rings. The van der Waals surface area contributed by atoms with Crippen molar-refractivity contribution in [2.75, 3.05) is 6.61 Å². The molecule has 0 amide bonds. The molecule has 2 aromatic carbocycles. The number of benzene rings is 2. The highest BCUT2D eigenvalue weighted by Gasteiger charge is 2.19. The maximum Gasteiger partial charge on any atom is 0.142 e. The molecule has 0 radical (unpaired) electrons. The Balaban J connectivity index is 2.38. The Kier molecular flexibility index (Phi) is 5.64. The summed E-state index contributed by atoms with van der Waals surface area (Å²) in [6.45, 7) is 2.55. The number of ether oxygens (including phenoxy) is 1. The molecule has 0 saturated carbocycles. The van der Waals surface area contributed by atoms with Crippen molar-refractivity contribution >= 4 is 47.8 Å². The Morgan fingerprint density at radius 3 is 2.50 bits per heavy atom. The summed E-state index contributed by atoms with van der Waals surface area (Å²) in [6, 6.07) is 11.0. The normalized spacial score (nSPS) is 12.2. The fraction of sp³-hybridized carbons (Fsp3) is 0.200. The van der Waals surface area contributed by atoms with Gasteiger partial charge < -0.3 is 4.74 Å². The molecular weight excluding hydrogens is 455 g/mol. The number of halogens is 4. The van der Waals surface area contributed by atoms with Gasteiger partial charge in [-0.15, -0.1) is 0 Å². The van der Waals surface area contributed by atoms with E-state index in [1.807, 2.05) is 31.2 Å². The number of hydrogen-bond donors (Lipinski definition) is 0. The van der Waals surface area contributed by atoms with Crippen LogP contribution in [0.2, 0.25) is 0 Å². The Hall–Kier alpha value is -0.390. The monoisotopic (exact) mass is 464 g/mol. The van der Waals surface area contributed by atoms with Gasteiger partial charge in [-0.3, -0.25) is 0 Å². The minimum absolute atomic E-state index is 0.231. The maximum absolute atomic E-state index is 14.2. The van der Waals surface area contributed by atoms with E-state index in [9.17, 15) is 4.39 Å². The Bertz CT molecular complexity index is 616. The first kappa shape index (κ1) is 16.0. The van der Waals surface area contributed by atoms with Crippen molar-refractivity contribution in [3.63, 3.8) is 0 Å². The molecule has 2 rings (SSSR count). The molecule has 1 nitrogen and oxygen atoms in total. The Labute approximate surface area is 142 Å². The van der Waals surface area contributed by atoms with Crippen molar-refractivity contribution < 1.29 is 9.13 Å². The van der Waals surface area contributed by atoms with Gasteiger partial charge in [-0.05, 0) is 46.6 Å². The molecule has 0 bridgehead atoms. The van der Waals surface area contributed by atoms with Gasteiger partial charge in [0.15, 0.2) is 0 Å². The number of hydrogen-bond acceptors (Lipinski definition) is 1. The Morgan fingerprint density at radius 1 is 1.10 bits per heavy atom. The second kappa shape index (κ2) is 7.05. The zero-order chi connectivity index (χ0) is 14.7. The summed E-state index contributed by atoms with van der Waals surface area (Å²) in [5.41, 5.74) is 1.54. The van der Waals surface area contributed by atoms with Gasteiger partial charge in [0.1, 0.15) is 11.6 Å². The second-order valence-corrected chi connectivity index (χ2v) is 6.75. The van der Waals surface area contributed by atoms with E-state index in [-0.39, 0.29) is 10.6 Å². The molecule has 0 aliphatic rings. The molecule has 0 aliphatic heterocycles. The third kappa shape index (κ3) is 3.43. The van der Waals surface area contributed by atoms with Gasteiger partial charge in [0.05, 0.1) is 15.9 Å². The largest absolute Gasteiger partial charge is 0.494 e. The van der Waals surface area contributed by atoms with E-state index >= 15 is 0 Å². The average Bonchev–Trinajstić information content (AvgIpc) is 2.42. The van der Waals surface area contributed by atoms with E-state index in [1.54, 1.807) is 12.1 Å². The van der Waals surface area contributed by atoms with Crippen LogP contribution >= 0.6 is 47.8 Å². The topological polar surface area (TPSA) is 9.23 Å². The standard InChI is InChI=1S/C15H12Br3FO/c1-2-20-9-6-7-10(13(17)8-9)14(18)11-4-3-5-12(16)15(11)19/h3-8,14H,2H2,1H3. The molecule has 2 aromatic rings. The lowest BCUT2D eigenvalue weighted by molar-refractivity contribution is 0.340. The molecule has 0 spiro atoms. The molecule has 1 atom stereocenters. The van der Waals surface area contributed by atoms with Crippen molar-refractivity contribution in [2.45, 2.75) is 11.8 Å². The van der Waals surface area contributed by atoms with E-state index < -0.39 is 0 Å². The smallest absolute Gasteiger partial charge is 0.142 e. The van der Waals surface area contributed by atoms with Gasteiger partial charge in [-0.25, -0.2) is 4.39 Å². The predicted molar refractivity (Wildman–Crippen MR) is 90.2 cm³/mol. The molecule has 0 N–H and O–H groups in total. The first-order chi connectivity index (χ1) is 9.54. The summed E-state index contributed by atoms with van der Waals surface area (Å²) in [5.74, 6) is 0.535. The van der Waals surface area contributed by atoms with Gasteiger partial charge in [0.25, 0.3) is 0 Å². The zero-order valence-corrected chi connectivity index (χ0v) is 15.4. The molecule has 0 aromatic heterocycles. The molecule has 1 unspecified atom stereocenters. The van der Waals surface area contributed by atoms with Crippen LogP contribution in [0, 0.1) is 5.82 Å². The van der Waals surface area contributed by atoms with Gasteiger partial charge in [0.2, 0.25) is 0 Å². The molecule has 20 heavy (non-hydrogen) atoms. The fourth-order valence-electron chi connectivity index (χ4n) is 1.85. The predicted octanol–water partition coefficient (Wildman–Crippen LogP) is 6.23. The van der Waals surface area contributed by atoms with E-state index in [4.69, 9.17) is 4.74 Å². The maximum atomic E-state index is 14.2. The van der Waals surface area contributed by atoms with Crippen LogP contribution in [0.4, 0.5) is 4.39 Å². The summed E-state index contributed by atoms with van der Waals surface area (Å²) >= 11 is 10.3. The summed E-state index contributed by atoms with van der Waals surface area (Å²) in [4.78, 5) is -0.231. The first-order valence-electron chi connectivity index (χ1n) is 6.04. The highest BCUT2D eigenvalue weighted by atomic mass is 79.9. The van der Waals surface area contributed by atoms with Crippen molar-refractivity contribution in [2.24, 2.45) is 0 Å². The minimum Gasteiger partial charge on any atom is -0.494 e. The third-order valence-electron chi connectivity index (χ3n) is 2.81. The van der Waals surface area contributed by atoms with E-state index in [2.05, 4.69) is 47.8 Å². The minimum atomic E-state index is -0.254. The van der Waals surface area contributed by atoms with Crippen LogP contribution in [-0.2, 0) is 0 Å². The van der Waals surface area contributed by atoms with E-state index in [0.717, 1.165) is 15.8 Å². The highest BCUT2D eigenvalue weighted by molar-refractivity contribution is 9.11. The van der Waals surface area contributed by atoms with Gasteiger partial charge in [0, 0.05) is 10.0 Å². The van der Waals surface area contributed by atoms with Crippen LogP contribution in [-0.4, -0.2) is 6.61 Å². The quantitative estimate of drug-likeness (QED) is 0.485. The Morgan fingerprint density at radius 2 is 1.85 bits per heavy atom. The lowest BCUT2D eigenvalue weighted by Crippen LogP contribution is -1.99. The van der Waals surface area contributed by atoms with Crippen molar-refractivity contribution in [3.8, 4) is 5.75 Å². The van der Waals surface area contributed by atoms with Crippen LogP contribution in [0.5, 0.6) is 5.75 Å². The molecule has 5 heteroatoms. The van der Waals surface area contributed by atoms with Crippen LogP contribution in [0.25, 0.3) is 0 Å². The van der Waals surface area contributed by atoms with Crippen molar-refractivity contribution in [1.82, 2.24) is 0 Å². The van der Waals surface area contributed by atoms with E-state index in [0.29, 0.717) is 16.6 Å². The third-order valence-corrected chi connectivity index (χ3v) is 5.10. The lowest BCUT2D eigenvalue weighted by atomic mass is 10.0. The van der Waals surface area contributed by atoms with Crippen LogP contribution in [0.3, 0.4) is 0 Å². The van der Waals surface area contributed by atoms with Crippen LogP contribution in [0.1, 0.15) is 22.9 Å². The number of rotatable bonds is 4. The van der Waals surface area contributed by atoms with Crippen LogP contribution in [0.15, 0.2) is 45.3 Å². The molecule has 0 aliphatic carbocycles. The van der Waals surface area contributed by atoms with Crippen molar-refractivity contribution in [1.29, 1.82) is 0 Å². The second-order valence-electron chi connectivity index (χ2n) is 4.12. The van der Waals surface area contributed by atoms with Crippen LogP contribution < -0.4 is 4.74 Å². The van der Waals surface area contributed by atoms with Gasteiger partial charge in [-0.2, -0.15) is 0 Å². The molecule has 0 saturated heterocycles.